The molecule has 0 unspecified atom stereocenters. The van der Waals surface area contributed by atoms with Gasteiger partial charge in [-0.25, -0.2) is 9.82 Å². The molecule has 0 bridgehead atoms. The third kappa shape index (κ3) is 4.70. The molecule has 0 aliphatic heterocycles. The summed E-state index contributed by atoms with van der Waals surface area (Å²) < 4.78 is 25.7. The van der Waals surface area contributed by atoms with E-state index >= 15 is 0 Å². The van der Waals surface area contributed by atoms with Crippen molar-refractivity contribution in [2.24, 2.45) is 5.10 Å². The lowest BCUT2D eigenvalue weighted by molar-refractivity contribution is 0.0929. The van der Waals surface area contributed by atoms with Gasteiger partial charge in [0.25, 0.3) is 0 Å². The number of hydrogen-bond acceptors (Lipinski definition) is 4. The van der Waals surface area contributed by atoms with E-state index in [1.807, 2.05) is 48.5 Å². The fourth-order valence-corrected chi connectivity index (χ4v) is 3.99. The first-order valence-corrected chi connectivity index (χ1v) is 11.3. The van der Waals surface area contributed by atoms with Crippen LogP contribution in [0.4, 0.5) is 4.39 Å². The topological polar surface area (TPSA) is 63.8 Å². The Morgan fingerprint density at radius 2 is 1.82 bits per heavy atom. The summed E-state index contributed by atoms with van der Waals surface area (Å²) in [7, 11) is 0. The van der Waals surface area contributed by atoms with Crippen molar-refractivity contribution < 1.29 is 18.3 Å². The van der Waals surface area contributed by atoms with Gasteiger partial charge in [0.15, 0.2) is 5.76 Å². The van der Waals surface area contributed by atoms with Gasteiger partial charge in [0.05, 0.1) is 6.21 Å². The molecule has 0 aliphatic rings. The van der Waals surface area contributed by atoms with Gasteiger partial charge < -0.3 is 9.15 Å². The highest BCUT2D eigenvalue weighted by atomic mass is 79.9. The zero-order valence-corrected chi connectivity index (χ0v) is 19.4. The summed E-state index contributed by atoms with van der Waals surface area (Å²) >= 11 is 3.41. The number of ether oxygens (including phenoxy) is 1. The van der Waals surface area contributed by atoms with Crippen LogP contribution in [0.1, 0.15) is 21.7 Å². The number of rotatable bonds is 6. The molecule has 0 saturated carbocycles. The van der Waals surface area contributed by atoms with Crippen molar-refractivity contribution in [2.75, 3.05) is 0 Å². The smallest absolute Gasteiger partial charge is 0.307 e. The highest BCUT2D eigenvalue weighted by Gasteiger charge is 2.13. The number of carbonyl (C=O) groups excluding carboxylic acids is 1. The van der Waals surface area contributed by atoms with E-state index in [-0.39, 0.29) is 18.2 Å². The van der Waals surface area contributed by atoms with Gasteiger partial charge in [0.2, 0.25) is 0 Å². The Morgan fingerprint density at radius 3 is 2.68 bits per heavy atom. The average molecular weight is 517 g/mol. The SMILES string of the molecule is O=C(N/N=C/c1c(OCc2ccc(F)cc2)ccc2ccccc12)c1cc2cc(Br)ccc2o1. The summed E-state index contributed by atoms with van der Waals surface area (Å²) in [6.45, 7) is 0.264. The van der Waals surface area contributed by atoms with E-state index in [0.29, 0.717) is 16.9 Å². The molecule has 4 aromatic carbocycles. The quantitative estimate of drug-likeness (QED) is 0.198. The molecule has 5 aromatic rings. The Kier molecular flexibility index (Phi) is 6.10. The normalized spacial score (nSPS) is 11.4. The van der Waals surface area contributed by atoms with Crippen LogP contribution in [0.25, 0.3) is 21.7 Å². The molecule has 5 rings (SSSR count). The Hall–Kier alpha value is -3.97. The molecule has 1 N–H and O–H groups in total. The number of carbonyl (C=O) groups is 1. The Labute approximate surface area is 203 Å². The van der Waals surface area contributed by atoms with Gasteiger partial charge in [-0.1, -0.05) is 58.4 Å². The minimum Gasteiger partial charge on any atom is -0.488 e. The van der Waals surface area contributed by atoms with Crippen molar-refractivity contribution in [3.63, 3.8) is 0 Å². The lowest BCUT2D eigenvalue weighted by atomic mass is 10.0. The molecule has 1 amide bonds. The highest BCUT2D eigenvalue weighted by Crippen LogP contribution is 2.28. The minimum atomic E-state index is -0.461. The molecule has 34 heavy (non-hydrogen) atoms. The van der Waals surface area contributed by atoms with Crippen molar-refractivity contribution in [1.82, 2.24) is 5.43 Å². The zero-order valence-electron chi connectivity index (χ0n) is 17.8. The van der Waals surface area contributed by atoms with Gasteiger partial charge in [0.1, 0.15) is 23.8 Å². The van der Waals surface area contributed by atoms with E-state index in [0.717, 1.165) is 26.2 Å². The average Bonchev–Trinajstić information content (AvgIpc) is 3.27. The molecule has 168 valence electrons. The number of nitrogens with zero attached hydrogens (tertiary/aromatic N) is 1. The summed E-state index contributed by atoms with van der Waals surface area (Å²) in [6, 6.07) is 25.0. The maximum Gasteiger partial charge on any atom is 0.307 e. The van der Waals surface area contributed by atoms with Crippen molar-refractivity contribution in [3.8, 4) is 5.75 Å². The first-order valence-electron chi connectivity index (χ1n) is 10.5. The molecule has 5 nitrogen and oxygen atoms in total. The van der Waals surface area contributed by atoms with Crippen LogP contribution in [0, 0.1) is 5.82 Å². The molecule has 7 heteroatoms. The summed E-state index contributed by atoms with van der Waals surface area (Å²) in [4.78, 5) is 12.6. The number of nitrogens with one attached hydrogen (secondary N) is 1. The van der Waals surface area contributed by atoms with Crippen molar-refractivity contribution in [2.45, 2.75) is 6.61 Å². The van der Waals surface area contributed by atoms with Gasteiger partial charge in [-0.2, -0.15) is 5.10 Å². The number of amides is 1. The van der Waals surface area contributed by atoms with Crippen LogP contribution in [-0.4, -0.2) is 12.1 Å². The summed E-state index contributed by atoms with van der Waals surface area (Å²) in [5.74, 6) is -0.00161. The maximum atomic E-state index is 13.2. The number of furan rings is 1. The van der Waals surface area contributed by atoms with Crippen molar-refractivity contribution in [1.29, 1.82) is 0 Å². The second kappa shape index (κ2) is 9.49. The van der Waals surface area contributed by atoms with Gasteiger partial charge in [-0.05, 0) is 58.8 Å². The van der Waals surface area contributed by atoms with Crippen LogP contribution in [0.2, 0.25) is 0 Å². The Bertz CT molecular complexity index is 1530. The predicted molar refractivity (Wildman–Crippen MR) is 134 cm³/mol. The van der Waals surface area contributed by atoms with E-state index in [1.54, 1.807) is 30.5 Å². The van der Waals surface area contributed by atoms with Crippen LogP contribution in [0.5, 0.6) is 5.75 Å². The van der Waals surface area contributed by atoms with Crippen molar-refractivity contribution >= 4 is 49.8 Å². The van der Waals surface area contributed by atoms with Crippen molar-refractivity contribution in [3.05, 3.63) is 112 Å². The van der Waals surface area contributed by atoms with Gasteiger partial charge in [-0.15, -0.1) is 0 Å². The third-order valence-electron chi connectivity index (χ3n) is 5.30. The number of hydrogen-bond donors (Lipinski definition) is 1. The van der Waals surface area contributed by atoms with Crippen LogP contribution < -0.4 is 10.2 Å². The molecular weight excluding hydrogens is 499 g/mol. The fraction of sp³-hybridized carbons (Fsp3) is 0.0370. The van der Waals surface area contributed by atoms with E-state index in [2.05, 4.69) is 26.5 Å². The lowest BCUT2D eigenvalue weighted by Gasteiger charge is -2.12. The van der Waals surface area contributed by atoms with E-state index in [1.165, 1.54) is 12.1 Å². The minimum absolute atomic E-state index is 0.163. The molecule has 0 fully saturated rings. The summed E-state index contributed by atoms with van der Waals surface area (Å²) in [5.41, 5.74) is 4.69. The van der Waals surface area contributed by atoms with Crippen LogP contribution >= 0.6 is 15.9 Å². The lowest BCUT2D eigenvalue weighted by Crippen LogP contribution is -2.16. The fourth-order valence-electron chi connectivity index (χ4n) is 3.61. The first kappa shape index (κ1) is 21.9. The second-order valence-electron chi connectivity index (χ2n) is 7.61. The van der Waals surface area contributed by atoms with E-state index in [4.69, 9.17) is 9.15 Å². The molecule has 0 aliphatic carbocycles. The molecular formula is C27H18BrFN2O3. The standard InChI is InChI=1S/C27H18BrFN2O3/c28-20-8-12-24-19(13-20)14-26(34-24)27(32)31-30-15-23-22-4-2-1-3-18(22)7-11-25(23)33-16-17-5-9-21(29)10-6-17/h1-15H,16H2,(H,31,32)/b30-15+. The molecule has 0 atom stereocenters. The molecule has 0 spiro atoms. The van der Waals surface area contributed by atoms with Gasteiger partial charge in [-0.3, -0.25) is 4.79 Å². The highest BCUT2D eigenvalue weighted by molar-refractivity contribution is 9.10. The Morgan fingerprint density at radius 1 is 1.00 bits per heavy atom. The number of hydrazone groups is 1. The largest absolute Gasteiger partial charge is 0.488 e. The maximum absolute atomic E-state index is 13.2. The zero-order chi connectivity index (χ0) is 23.5. The Balaban J connectivity index is 1.38. The summed E-state index contributed by atoms with van der Waals surface area (Å²) in [6.07, 6.45) is 1.56. The number of halogens is 2. The third-order valence-corrected chi connectivity index (χ3v) is 5.79. The molecule has 1 heterocycles. The van der Waals surface area contributed by atoms with E-state index < -0.39 is 5.91 Å². The molecule has 0 saturated heterocycles. The van der Waals surface area contributed by atoms with Crippen LogP contribution in [-0.2, 0) is 6.61 Å². The van der Waals surface area contributed by atoms with Gasteiger partial charge >= 0.3 is 5.91 Å². The van der Waals surface area contributed by atoms with Gasteiger partial charge in [0, 0.05) is 15.4 Å². The number of benzene rings is 4. The molecule has 1 aromatic heterocycles. The van der Waals surface area contributed by atoms with Crippen LogP contribution in [0.3, 0.4) is 0 Å². The van der Waals surface area contributed by atoms with E-state index in [9.17, 15) is 9.18 Å². The summed E-state index contributed by atoms with van der Waals surface area (Å²) in [5, 5.41) is 6.90. The monoisotopic (exact) mass is 516 g/mol. The number of fused-ring (bicyclic) bond motifs is 2. The first-order chi connectivity index (χ1) is 16.6. The van der Waals surface area contributed by atoms with Crippen LogP contribution in [0.15, 0.2) is 98.9 Å². The predicted octanol–water partition coefficient (Wildman–Crippen LogP) is 6.83. The second-order valence-corrected chi connectivity index (χ2v) is 8.52. The molecule has 0 radical (unpaired) electrons.